The van der Waals surface area contributed by atoms with E-state index in [-0.39, 0.29) is 11.9 Å². The van der Waals surface area contributed by atoms with E-state index >= 15 is 0 Å². The third kappa shape index (κ3) is 3.97. The second-order valence-electron chi connectivity index (χ2n) is 7.00. The molecule has 1 saturated heterocycles. The molecule has 1 amide bonds. The summed E-state index contributed by atoms with van der Waals surface area (Å²) in [7, 11) is 1.89. The molecule has 6 nitrogen and oxygen atoms in total. The molecule has 1 aliphatic heterocycles. The number of aryl methyl sites for hydroxylation is 3. The molecule has 1 atom stereocenters. The lowest BCUT2D eigenvalue weighted by molar-refractivity contribution is -0.118. The molecule has 2 heterocycles. The van der Waals surface area contributed by atoms with Gasteiger partial charge < -0.3 is 10.6 Å². The van der Waals surface area contributed by atoms with Crippen LogP contribution in [0.3, 0.4) is 0 Å². The molecule has 0 radical (unpaired) electrons. The van der Waals surface area contributed by atoms with Crippen LogP contribution in [0.4, 0.5) is 5.69 Å². The monoisotopic (exact) mass is 355 g/mol. The number of amides is 1. The van der Waals surface area contributed by atoms with Gasteiger partial charge in [-0.25, -0.2) is 0 Å². The highest BCUT2D eigenvalue weighted by molar-refractivity contribution is 5.93. The first-order valence-electron chi connectivity index (χ1n) is 9.33. The second-order valence-corrected chi connectivity index (χ2v) is 7.00. The number of nitrogens with zero attached hydrogens (tertiary/aromatic N) is 3. The Kier molecular flexibility index (Phi) is 5.74. The van der Waals surface area contributed by atoms with Crippen molar-refractivity contribution in [2.24, 2.45) is 7.05 Å². The molecule has 2 aromatic rings. The van der Waals surface area contributed by atoms with E-state index in [1.165, 1.54) is 11.1 Å². The summed E-state index contributed by atoms with van der Waals surface area (Å²) in [6.45, 7) is 9.07. The maximum atomic E-state index is 12.7. The van der Waals surface area contributed by atoms with Gasteiger partial charge in [0.05, 0.1) is 23.6 Å². The van der Waals surface area contributed by atoms with Gasteiger partial charge in [0.2, 0.25) is 5.91 Å². The summed E-state index contributed by atoms with van der Waals surface area (Å²) in [5, 5.41) is 10.9. The van der Waals surface area contributed by atoms with Crippen LogP contribution in [-0.4, -0.2) is 46.8 Å². The van der Waals surface area contributed by atoms with E-state index < -0.39 is 0 Å². The Balaban J connectivity index is 1.70. The molecule has 1 aromatic carbocycles. The summed E-state index contributed by atoms with van der Waals surface area (Å²) >= 11 is 0. The zero-order valence-corrected chi connectivity index (χ0v) is 16.2. The van der Waals surface area contributed by atoms with E-state index in [1.807, 2.05) is 20.9 Å². The summed E-state index contributed by atoms with van der Waals surface area (Å²) < 4.78 is 1.80. The van der Waals surface area contributed by atoms with E-state index in [0.29, 0.717) is 6.54 Å². The van der Waals surface area contributed by atoms with Crippen molar-refractivity contribution >= 4 is 11.6 Å². The number of anilines is 1. The fourth-order valence-electron chi connectivity index (χ4n) is 3.56. The summed E-state index contributed by atoms with van der Waals surface area (Å²) in [5.41, 5.74) is 5.25. The maximum absolute atomic E-state index is 12.7. The van der Waals surface area contributed by atoms with Crippen LogP contribution < -0.4 is 10.6 Å². The first kappa shape index (κ1) is 18.6. The van der Waals surface area contributed by atoms with Crippen molar-refractivity contribution in [3.63, 3.8) is 0 Å². The van der Waals surface area contributed by atoms with Crippen LogP contribution in [0.5, 0.6) is 0 Å². The number of aromatic nitrogens is 2. The van der Waals surface area contributed by atoms with Crippen molar-refractivity contribution in [2.75, 3.05) is 31.5 Å². The molecule has 26 heavy (non-hydrogen) atoms. The van der Waals surface area contributed by atoms with Crippen molar-refractivity contribution in [3.8, 4) is 0 Å². The first-order chi connectivity index (χ1) is 12.5. The number of benzene rings is 1. The fourth-order valence-corrected chi connectivity index (χ4v) is 3.56. The normalized spacial score (nSPS) is 18.1. The quantitative estimate of drug-likeness (QED) is 0.863. The lowest BCUT2D eigenvalue weighted by atomic mass is 10.0. The van der Waals surface area contributed by atoms with Crippen molar-refractivity contribution in [3.05, 3.63) is 46.8 Å². The predicted molar refractivity (Wildman–Crippen MR) is 104 cm³/mol. The third-order valence-corrected chi connectivity index (χ3v) is 5.25. The summed E-state index contributed by atoms with van der Waals surface area (Å²) in [4.78, 5) is 14.9. The summed E-state index contributed by atoms with van der Waals surface area (Å²) in [6.07, 6.45) is 1.04. The van der Waals surface area contributed by atoms with Gasteiger partial charge in [-0.3, -0.25) is 14.4 Å². The largest absolute Gasteiger partial charge is 0.322 e. The molecule has 0 spiro atoms. The second kappa shape index (κ2) is 8.01. The number of hydrogen-bond donors (Lipinski definition) is 2. The number of piperazine rings is 1. The predicted octanol–water partition coefficient (Wildman–Crippen LogP) is 2.18. The van der Waals surface area contributed by atoms with Crippen molar-refractivity contribution < 1.29 is 4.79 Å². The van der Waals surface area contributed by atoms with Crippen LogP contribution >= 0.6 is 0 Å². The molecule has 6 heteroatoms. The Morgan fingerprint density at radius 1 is 1.31 bits per heavy atom. The lowest BCUT2D eigenvalue weighted by Crippen LogP contribution is -2.48. The molecule has 1 unspecified atom stereocenters. The van der Waals surface area contributed by atoms with Crippen LogP contribution in [0.15, 0.2) is 24.3 Å². The van der Waals surface area contributed by atoms with E-state index in [9.17, 15) is 4.79 Å². The number of nitrogens with one attached hydrogen (secondary N) is 2. The highest BCUT2D eigenvalue weighted by Gasteiger charge is 2.26. The Labute approximate surface area is 155 Å². The van der Waals surface area contributed by atoms with Gasteiger partial charge in [0.1, 0.15) is 0 Å². The van der Waals surface area contributed by atoms with Gasteiger partial charge in [0, 0.05) is 32.7 Å². The molecule has 1 aliphatic rings. The Morgan fingerprint density at radius 2 is 2.04 bits per heavy atom. The number of hydrogen-bond acceptors (Lipinski definition) is 4. The van der Waals surface area contributed by atoms with E-state index in [2.05, 4.69) is 51.8 Å². The van der Waals surface area contributed by atoms with E-state index in [1.54, 1.807) is 4.68 Å². The minimum atomic E-state index is 0.0151. The number of rotatable bonds is 5. The Morgan fingerprint density at radius 3 is 2.65 bits per heavy atom. The van der Waals surface area contributed by atoms with Gasteiger partial charge in [-0.15, -0.1) is 0 Å². The SMILES string of the molecule is CCc1ccc(C2CNCCN2CC(=O)Nc2c(C)nn(C)c2C)cc1. The van der Waals surface area contributed by atoms with E-state index in [0.717, 1.165) is 43.1 Å². The zero-order valence-electron chi connectivity index (χ0n) is 16.2. The minimum absolute atomic E-state index is 0.0151. The van der Waals surface area contributed by atoms with Gasteiger partial charge in [0.25, 0.3) is 0 Å². The first-order valence-corrected chi connectivity index (χ1v) is 9.33. The van der Waals surface area contributed by atoms with Gasteiger partial charge in [0.15, 0.2) is 0 Å². The smallest absolute Gasteiger partial charge is 0.238 e. The topological polar surface area (TPSA) is 62.2 Å². The van der Waals surface area contributed by atoms with E-state index in [4.69, 9.17) is 0 Å². The molecular weight excluding hydrogens is 326 g/mol. The molecule has 0 bridgehead atoms. The van der Waals surface area contributed by atoms with Gasteiger partial charge >= 0.3 is 0 Å². The van der Waals surface area contributed by atoms with Gasteiger partial charge in [-0.1, -0.05) is 31.2 Å². The number of carbonyl (C=O) groups is 1. The summed E-state index contributed by atoms with van der Waals surface area (Å²) in [6, 6.07) is 8.97. The number of carbonyl (C=O) groups excluding carboxylic acids is 1. The third-order valence-electron chi connectivity index (χ3n) is 5.25. The molecule has 1 aromatic heterocycles. The molecule has 3 rings (SSSR count). The van der Waals surface area contributed by atoms with Crippen LogP contribution in [0.2, 0.25) is 0 Å². The Hall–Kier alpha value is -2.18. The molecule has 1 fully saturated rings. The highest BCUT2D eigenvalue weighted by Crippen LogP contribution is 2.23. The minimum Gasteiger partial charge on any atom is -0.322 e. The molecule has 0 aliphatic carbocycles. The average molecular weight is 355 g/mol. The van der Waals surface area contributed by atoms with Crippen LogP contribution in [0.25, 0.3) is 0 Å². The van der Waals surface area contributed by atoms with Gasteiger partial charge in [-0.2, -0.15) is 5.10 Å². The average Bonchev–Trinajstić information content (AvgIpc) is 2.88. The molecule has 140 valence electrons. The van der Waals surface area contributed by atoms with Gasteiger partial charge in [-0.05, 0) is 31.4 Å². The summed E-state index contributed by atoms with van der Waals surface area (Å²) in [5.74, 6) is 0.0151. The lowest BCUT2D eigenvalue weighted by Gasteiger charge is -2.36. The molecule has 2 N–H and O–H groups in total. The zero-order chi connectivity index (χ0) is 18.7. The molecular formula is C20H29N5O. The maximum Gasteiger partial charge on any atom is 0.238 e. The van der Waals surface area contributed by atoms with Crippen molar-refractivity contribution in [1.82, 2.24) is 20.0 Å². The van der Waals surface area contributed by atoms with Crippen LogP contribution in [-0.2, 0) is 18.3 Å². The molecule has 0 saturated carbocycles. The van der Waals surface area contributed by atoms with Crippen molar-refractivity contribution in [1.29, 1.82) is 0 Å². The highest BCUT2D eigenvalue weighted by atomic mass is 16.2. The van der Waals surface area contributed by atoms with Crippen LogP contribution in [0.1, 0.15) is 35.5 Å². The van der Waals surface area contributed by atoms with Crippen LogP contribution in [0, 0.1) is 13.8 Å². The standard InChI is InChI=1S/C20H29N5O/c1-5-16-6-8-17(9-7-16)18-12-21-10-11-25(18)13-19(26)22-20-14(2)23-24(4)15(20)3/h6-9,18,21H,5,10-13H2,1-4H3,(H,22,26). The van der Waals surface area contributed by atoms with Crippen molar-refractivity contribution in [2.45, 2.75) is 33.2 Å². The Bertz CT molecular complexity index is 765. The fraction of sp³-hybridized carbons (Fsp3) is 0.500.